The number of hydrogen-bond acceptors (Lipinski definition) is 5. The molecule has 0 aliphatic carbocycles. The number of rotatable bonds is 4. The lowest BCUT2D eigenvalue weighted by atomic mass is 9.73. The molecule has 3 aromatic rings. The molecule has 2 atom stereocenters. The molecule has 0 saturated carbocycles. The van der Waals surface area contributed by atoms with Crippen molar-refractivity contribution in [2.24, 2.45) is 5.41 Å². The van der Waals surface area contributed by atoms with Gasteiger partial charge in [-0.05, 0) is 30.5 Å². The summed E-state index contributed by atoms with van der Waals surface area (Å²) in [6, 6.07) is 6.00. The number of thiazole rings is 1. The Balaban J connectivity index is 1.57. The van der Waals surface area contributed by atoms with Crippen LogP contribution in [0.15, 0.2) is 42.0 Å². The summed E-state index contributed by atoms with van der Waals surface area (Å²) in [5.41, 5.74) is 0.274. The van der Waals surface area contributed by atoms with Gasteiger partial charge in [0.25, 0.3) is 5.91 Å². The Morgan fingerprint density at radius 1 is 1.37 bits per heavy atom. The number of piperidine rings is 1. The average molecular weight is 389 g/mol. The molecular weight excluding hydrogens is 369 g/mol. The molecule has 0 unspecified atom stereocenters. The van der Waals surface area contributed by atoms with Gasteiger partial charge < -0.3 is 15.1 Å². The largest absolute Gasteiger partial charge is 0.396 e. The fourth-order valence-electron chi connectivity index (χ4n) is 3.71. The molecular formula is C19H20FN3O3S. The predicted molar refractivity (Wildman–Crippen MR) is 99.2 cm³/mol. The Kier molecular flexibility index (Phi) is 4.71. The van der Waals surface area contributed by atoms with Crippen LogP contribution in [0.1, 0.15) is 22.5 Å². The summed E-state index contributed by atoms with van der Waals surface area (Å²) in [6.45, 7) is 0.343. The first-order valence-electron chi connectivity index (χ1n) is 8.76. The Bertz CT molecular complexity index is 926. The number of aliphatic hydroxyl groups is 2. The third kappa shape index (κ3) is 3.36. The van der Waals surface area contributed by atoms with Crippen LogP contribution in [0.5, 0.6) is 0 Å². The van der Waals surface area contributed by atoms with E-state index in [4.69, 9.17) is 0 Å². The molecule has 1 aliphatic heterocycles. The van der Waals surface area contributed by atoms with Crippen molar-refractivity contribution in [3.05, 3.63) is 59.1 Å². The minimum atomic E-state index is -0.886. The van der Waals surface area contributed by atoms with E-state index in [1.165, 1.54) is 23.5 Å². The smallest absolute Gasteiger partial charge is 0.274 e. The molecule has 6 nitrogen and oxygen atoms in total. The van der Waals surface area contributed by atoms with E-state index in [0.717, 1.165) is 10.5 Å². The number of hydrogen-bond donors (Lipinski definition) is 2. The van der Waals surface area contributed by atoms with Gasteiger partial charge >= 0.3 is 0 Å². The number of carbonyl (C=O) groups excluding carboxylic acids is 1. The Labute approximate surface area is 159 Å². The van der Waals surface area contributed by atoms with Crippen molar-refractivity contribution in [1.29, 1.82) is 0 Å². The molecule has 3 heterocycles. The highest BCUT2D eigenvalue weighted by Gasteiger charge is 2.44. The van der Waals surface area contributed by atoms with E-state index in [0.29, 0.717) is 25.1 Å². The summed E-state index contributed by atoms with van der Waals surface area (Å²) in [4.78, 5) is 19.7. The van der Waals surface area contributed by atoms with E-state index in [1.54, 1.807) is 27.6 Å². The van der Waals surface area contributed by atoms with Gasteiger partial charge in [0.05, 0.1) is 12.7 Å². The van der Waals surface area contributed by atoms with E-state index in [2.05, 4.69) is 4.98 Å². The number of halogens is 1. The maximum atomic E-state index is 13.2. The zero-order chi connectivity index (χ0) is 19.0. The molecule has 142 valence electrons. The van der Waals surface area contributed by atoms with Crippen LogP contribution in [0.2, 0.25) is 0 Å². The van der Waals surface area contributed by atoms with Gasteiger partial charge in [0.2, 0.25) is 0 Å². The van der Waals surface area contributed by atoms with Crippen molar-refractivity contribution in [2.75, 3.05) is 19.7 Å². The zero-order valence-corrected chi connectivity index (χ0v) is 15.4. The van der Waals surface area contributed by atoms with Crippen LogP contribution in [0.25, 0.3) is 4.96 Å². The van der Waals surface area contributed by atoms with Gasteiger partial charge in [0, 0.05) is 36.3 Å². The van der Waals surface area contributed by atoms with Crippen molar-refractivity contribution in [2.45, 2.75) is 18.9 Å². The van der Waals surface area contributed by atoms with Crippen LogP contribution in [0.4, 0.5) is 4.39 Å². The van der Waals surface area contributed by atoms with Crippen LogP contribution in [0.3, 0.4) is 0 Å². The number of amides is 1. The summed E-state index contributed by atoms with van der Waals surface area (Å²) in [5, 5.41) is 22.6. The molecule has 27 heavy (non-hydrogen) atoms. The highest BCUT2D eigenvalue weighted by atomic mass is 32.1. The average Bonchev–Trinajstić information content (AvgIpc) is 3.27. The normalized spacial score (nSPS) is 23.1. The molecule has 8 heteroatoms. The number of likely N-dealkylation sites (tertiary alicyclic amines) is 1. The molecule has 1 amide bonds. The number of nitrogens with zero attached hydrogens (tertiary/aromatic N) is 3. The highest BCUT2D eigenvalue weighted by molar-refractivity contribution is 7.15. The minimum Gasteiger partial charge on any atom is -0.396 e. The third-order valence-corrected chi connectivity index (χ3v) is 6.04. The van der Waals surface area contributed by atoms with Gasteiger partial charge in [-0.25, -0.2) is 9.37 Å². The molecule has 2 N–H and O–H groups in total. The Morgan fingerprint density at radius 2 is 2.15 bits per heavy atom. The fourth-order valence-corrected chi connectivity index (χ4v) is 4.41. The van der Waals surface area contributed by atoms with Crippen LogP contribution in [-0.4, -0.2) is 56.2 Å². The Hall–Kier alpha value is -2.29. The van der Waals surface area contributed by atoms with Crippen LogP contribution >= 0.6 is 11.3 Å². The topological polar surface area (TPSA) is 78.1 Å². The van der Waals surface area contributed by atoms with Gasteiger partial charge in [0.15, 0.2) is 4.96 Å². The van der Waals surface area contributed by atoms with E-state index in [1.807, 2.05) is 11.6 Å². The van der Waals surface area contributed by atoms with Crippen molar-refractivity contribution in [3.63, 3.8) is 0 Å². The molecule has 1 aliphatic rings. The maximum absolute atomic E-state index is 13.2. The van der Waals surface area contributed by atoms with Gasteiger partial charge in [-0.1, -0.05) is 12.1 Å². The summed E-state index contributed by atoms with van der Waals surface area (Å²) < 4.78 is 15.0. The van der Waals surface area contributed by atoms with Gasteiger partial charge in [-0.15, -0.1) is 11.3 Å². The van der Waals surface area contributed by atoms with Gasteiger partial charge in [-0.2, -0.15) is 0 Å². The van der Waals surface area contributed by atoms with E-state index < -0.39 is 11.5 Å². The molecule has 0 spiro atoms. The number of carbonyl (C=O) groups is 1. The third-order valence-electron chi connectivity index (χ3n) is 5.27. The molecule has 4 rings (SSSR count). The highest BCUT2D eigenvalue weighted by Crippen LogP contribution is 2.34. The molecule has 1 fully saturated rings. The Morgan fingerprint density at radius 3 is 2.85 bits per heavy atom. The minimum absolute atomic E-state index is 0.213. The lowest BCUT2D eigenvalue weighted by Gasteiger charge is -2.45. The summed E-state index contributed by atoms with van der Waals surface area (Å²) >= 11 is 1.45. The van der Waals surface area contributed by atoms with Crippen molar-refractivity contribution >= 4 is 22.2 Å². The SMILES string of the molecule is O=C(c1cn2ccsc2n1)N1CC[C@H](O)[C@@](CO)(Cc2ccc(F)cc2)C1. The first kappa shape index (κ1) is 18.1. The van der Waals surface area contributed by atoms with E-state index in [-0.39, 0.29) is 24.9 Å². The second-order valence-corrected chi connectivity index (χ2v) is 7.95. The molecule has 1 aromatic carbocycles. The van der Waals surface area contributed by atoms with Crippen LogP contribution in [0, 0.1) is 11.2 Å². The lowest BCUT2D eigenvalue weighted by molar-refractivity contribution is -0.0669. The number of imidazole rings is 1. The van der Waals surface area contributed by atoms with Crippen molar-refractivity contribution < 1.29 is 19.4 Å². The van der Waals surface area contributed by atoms with Gasteiger partial charge in [-0.3, -0.25) is 9.20 Å². The fraction of sp³-hybridized carbons (Fsp3) is 0.368. The second kappa shape index (κ2) is 7.03. The summed E-state index contributed by atoms with van der Waals surface area (Å²) in [6.07, 6.45) is 3.51. The summed E-state index contributed by atoms with van der Waals surface area (Å²) in [5.74, 6) is -0.549. The second-order valence-electron chi connectivity index (χ2n) is 7.07. The monoisotopic (exact) mass is 389 g/mol. The van der Waals surface area contributed by atoms with Crippen molar-refractivity contribution in [1.82, 2.24) is 14.3 Å². The standard InChI is InChI=1S/C19H20FN3O3S/c20-14-3-1-13(2-4-14)9-19(12-24)11-23(6-5-16(19)25)17(26)15-10-22-7-8-27-18(22)21-15/h1-4,7-8,10,16,24-25H,5-6,9,11-12H2/t16-,19-/m0/s1. The first-order chi connectivity index (χ1) is 13.0. The number of fused-ring (bicyclic) bond motifs is 1. The maximum Gasteiger partial charge on any atom is 0.274 e. The van der Waals surface area contributed by atoms with Gasteiger partial charge in [0.1, 0.15) is 11.5 Å². The quantitative estimate of drug-likeness (QED) is 0.715. The van der Waals surface area contributed by atoms with E-state index >= 15 is 0 Å². The molecule has 1 saturated heterocycles. The van der Waals surface area contributed by atoms with Crippen LogP contribution in [-0.2, 0) is 6.42 Å². The first-order valence-corrected chi connectivity index (χ1v) is 9.63. The lowest BCUT2D eigenvalue weighted by Crippen LogP contribution is -2.56. The van der Waals surface area contributed by atoms with Crippen molar-refractivity contribution in [3.8, 4) is 0 Å². The molecule has 2 aromatic heterocycles. The van der Waals surface area contributed by atoms with E-state index in [9.17, 15) is 19.4 Å². The molecule has 0 radical (unpaired) electrons. The number of aliphatic hydroxyl groups excluding tert-OH is 2. The van der Waals surface area contributed by atoms with Crippen LogP contribution < -0.4 is 0 Å². The number of aromatic nitrogens is 2. The number of benzene rings is 1. The molecule has 0 bridgehead atoms. The summed E-state index contributed by atoms with van der Waals surface area (Å²) in [7, 11) is 0. The zero-order valence-electron chi connectivity index (χ0n) is 14.6. The predicted octanol–water partition coefficient (Wildman–Crippen LogP) is 1.96.